The number of benzene rings is 1. The van der Waals surface area contributed by atoms with Crippen LogP contribution in [-0.2, 0) is 50.4 Å². The molecule has 2 rings (SSSR count). The van der Waals surface area contributed by atoms with Gasteiger partial charge in [-0.05, 0) is 32.1 Å². The van der Waals surface area contributed by atoms with E-state index in [1.54, 1.807) is 32.3 Å². The third-order valence-electron chi connectivity index (χ3n) is 4.82. The molecule has 34 heavy (non-hydrogen) atoms. The van der Waals surface area contributed by atoms with E-state index in [0.29, 0.717) is 0 Å². The predicted octanol–water partition coefficient (Wildman–Crippen LogP) is 4.17. The van der Waals surface area contributed by atoms with Crippen molar-refractivity contribution in [3.05, 3.63) is 36.0 Å². The number of hydrogen-bond donors (Lipinski definition) is 0. The van der Waals surface area contributed by atoms with Crippen LogP contribution >= 0.6 is 7.82 Å². The first-order valence-electron chi connectivity index (χ1n) is 11.1. The second-order valence-electron chi connectivity index (χ2n) is 8.63. The van der Waals surface area contributed by atoms with Crippen LogP contribution in [0.2, 0.25) is 0 Å². The summed E-state index contributed by atoms with van der Waals surface area (Å²) in [7, 11) is -0.230. The molecule has 0 fully saturated rings. The minimum atomic E-state index is -4.24. The van der Waals surface area contributed by atoms with E-state index in [1.807, 2.05) is 44.6 Å². The van der Waals surface area contributed by atoms with Gasteiger partial charge in [0.25, 0.3) is 0 Å². The van der Waals surface area contributed by atoms with Gasteiger partial charge >= 0.3 is 19.8 Å². The van der Waals surface area contributed by atoms with Gasteiger partial charge in [-0.3, -0.25) is 14.1 Å². The molecular formula is C23H35N2O8P. The lowest BCUT2D eigenvalue weighted by Gasteiger charge is -2.19. The summed E-state index contributed by atoms with van der Waals surface area (Å²) in [6.07, 6.45) is 2.75. The zero-order valence-electron chi connectivity index (χ0n) is 20.7. The van der Waals surface area contributed by atoms with E-state index < -0.39 is 33.3 Å². The molecule has 0 saturated heterocycles. The highest BCUT2D eigenvalue weighted by atomic mass is 31.2. The summed E-state index contributed by atoms with van der Waals surface area (Å²) in [5.74, 6) is -1.83. The molecule has 1 aromatic heterocycles. The van der Waals surface area contributed by atoms with Gasteiger partial charge in [0.2, 0.25) is 13.6 Å². The Bertz CT molecular complexity index is 972. The summed E-state index contributed by atoms with van der Waals surface area (Å²) in [4.78, 5) is 25.5. The van der Waals surface area contributed by atoms with E-state index in [1.165, 1.54) is 0 Å². The first-order chi connectivity index (χ1) is 16.0. The number of ether oxygens (including phenoxy) is 2. The second-order valence-corrected chi connectivity index (χ2v) is 10.3. The molecule has 11 heteroatoms. The molecule has 0 radical (unpaired) electrons. The van der Waals surface area contributed by atoms with Gasteiger partial charge in [-0.15, -0.1) is 0 Å². The highest BCUT2D eigenvalue weighted by molar-refractivity contribution is 7.48. The number of aromatic nitrogens is 1. The van der Waals surface area contributed by atoms with E-state index >= 15 is 0 Å². The number of likely N-dealkylation sites (N-methyl/N-ethyl adjacent to an activating group) is 1. The Balaban J connectivity index is 2.13. The van der Waals surface area contributed by atoms with Crippen molar-refractivity contribution in [3.8, 4) is 0 Å². The van der Waals surface area contributed by atoms with Gasteiger partial charge in [-0.1, -0.05) is 45.9 Å². The molecule has 1 aromatic carbocycles. The summed E-state index contributed by atoms with van der Waals surface area (Å²) in [5.41, 5.74) is 2.00. The average Bonchev–Trinajstić information content (AvgIpc) is 3.14. The van der Waals surface area contributed by atoms with Crippen LogP contribution in [0, 0.1) is 11.8 Å². The number of hydrogen-bond acceptors (Lipinski definition) is 9. The maximum atomic E-state index is 13.2. The molecule has 0 saturated carbocycles. The smallest absolute Gasteiger partial charge is 0.438 e. The Morgan fingerprint density at radius 2 is 1.50 bits per heavy atom. The molecule has 0 aliphatic carbocycles. The van der Waals surface area contributed by atoms with Crippen molar-refractivity contribution in [1.82, 2.24) is 9.47 Å². The van der Waals surface area contributed by atoms with Crippen LogP contribution in [0.25, 0.3) is 10.9 Å². The standard InChI is InChI=1S/C23H35N2O8P/c1-17(2)22(26)29-15-32-34(28,33-16-30-23(27)18(3)4)31-14-25-13-19(11-12-24(5)6)20-9-7-8-10-21(20)25/h7-10,13,17-18H,11-12,14-16H2,1-6H3. The molecule has 1 heterocycles. The number of nitrogens with zero attached hydrogens (tertiary/aromatic N) is 2. The van der Waals surface area contributed by atoms with Crippen LogP contribution in [0.5, 0.6) is 0 Å². The number of carbonyl (C=O) groups excluding carboxylic acids is 2. The minimum absolute atomic E-state index is 0.157. The number of esters is 2. The van der Waals surface area contributed by atoms with Crippen LogP contribution in [0.4, 0.5) is 0 Å². The van der Waals surface area contributed by atoms with Gasteiger partial charge in [-0.2, -0.15) is 0 Å². The largest absolute Gasteiger partial charge is 0.482 e. The zero-order valence-corrected chi connectivity index (χ0v) is 21.6. The molecule has 0 bridgehead atoms. The lowest BCUT2D eigenvalue weighted by atomic mass is 10.1. The van der Waals surface area contributed by atoms with E-state index in [9.17, 15) is 14.2 Å². The highest BCUT2D eigenvalue weighted by Crippen LogP contribution is 2.50. The van der Waals surface area contributed by atoms with Crippen molar-refractivity contribution < 1.29 is 37.2 Å². The van der Waals surface area contributed by atoms with Crippen molar-refractivity contribution in [1.29, 1.82) is 0 Å². The van der Waals surface area contributed by atoms with E-state index in [4.69, 9.17) is 23.0 Å². The number of rotatable bonds is 14. The Morgan fingerprint density at radius 3 is 2.03 bits per heavy atom. The summed E-state index contributed by atoms with van der Waals surface area (Å²) in [5, 5.41) is 1.06. The SMILES string of the molecule is CC(C)C(=O)OCOP(=O)(OCOC(=O)C(C)C)OCn1cc(CCN(C)C)c2ccccc21. The summed E-state index contributed by atoms with van der Waals surface area (Å²) >= 11 is 0. The molecule has 0 aliphatic heterocycles. The summed E-state index contributed by atoms with van der Waals surface area (Å²) < 4.78 is 40.7. The monoisotopic (exact) mass is 498 g/mol. The molecule has 2 aromatic rings. The Hall–Kier alpha value is -2.23. The average molecular weight is 499 g/mol. The number of phosphoric ester groups is 1. The lowest BCUT2D eigenvalue weighted by Crippen LogP contribution is -2.16. The quantitative estimate of drug-likeness (QED) is 0.215. The number of fused-ring (bicyclic) bond motifs is 1. The molecule has 0 N–H and O–H groups in total. The van der Waals surface area contributed by atoms with Crippen molar-refractivity contribution in [2.24, 2.45) is 11.8 Å². The van der Waals surface area contributed by atoms with Gasteiger partial charge in [0.15, 0.2) is 0 Å². The summed E-state index contributed by atoms with van der Waals surface area (Å²) in [6, 6.07) is 7.80. The maximum Gasteiger partial charge on any atom is 0.482 e. The van der Waals surface area contributed by atoms with Crippen molar-refractivity contribution in [3.63, 3.8) is 0 Å². The number of para-hydroxylation sites is 1. The van der Waals surface area contributed by atoms with Crippen LogP contribution in [0.1, 0.15) is 33.3 Å². The molecular weight excluding hydrogens is 463 g/mol. The molecule has 0 aliphatic rings. The molecule has 10 nitrogen and oxygen atoms in total. The Kier molecular flexibility index (Phi) is 10.7. The number of carbonyl (C=O) groups is 2. The van der Waals surface area contributed by atoms with Gasteiger partial charge in [0, 0.05) is 18.1 Å². The van der Waals surface area contributed by atoms with Crippen LogP contribution in [0.3, 0.4) is 0 Å². The molecule has 0 spiro atoms. The zero-order chi connectivity index (χ0) is 25.3. The normalized spacial score (nSPS) is 12.1. The maximum absolute atomic E-state index is 13.2. The molecule has 0 atom stereocenters. The topological polar surface area (TPSA) is 106 Å². The van der Waals surface area contributed by atoms with Crippen molar-refractivity contribution >= 4 is 30.7 Å². The van der Waals surface area contributed by atoms with Gasteiger partial charge in [0.05, 0.1) is 17.4 Å². The van der Waals surface area contributed by atoms with Gasteiger partial charge < -0.3 is 18.9 Å². The van der Waals surface area contributed by atoms with Gasteiger partial charge in [0.1, 0.15) is 6.73 Å². The van der Waals surface area contributed by atoms with Crippen LogP contribution in [-0.4, -0.2) is 55.6 Å². The summed E-state index contributed by atoms with van der Waals surface area (Å²) in [6.45, 7) is 6.07. The fourth-order valence-electron chi connectivity index (χ4n) is 2.85. The van der Waals surface area contributed by atoms with Crippen molar-refractivity contribution in [2.45, 2.75) is 40.8 Å². The first kappa shape index (κ1) is 28.0. The fraction of sp³-hybridized carbons (Fsp3) is 0.565. The van der Waals surface area contributed by atoms with Crippen LogP contribution in [0.15, 0.2) is 30.5 Å². The van der Waals surface area contributed by atoms with E-state index in [-0.39, 0.29) is 18.6 Å². The third-order valence-corrected chi connectivity index (χ3v) is 6.10. The predicted molar refractivity (Wildman–Crippen MR) is 127 cm³/mol. The Morgan fingerprint density at radius 1 is 0.941 bits per heavy atom. The Labute approximate surface area is 200 Å². The first-order valence-corrected chi connectivity index (χ1v) is 12.6. The fourth-order valence-corrected chi connectivity index (χ4v) is 3.70. The molecule has 190 valence electrons. The third kappa shape index (κ3) is 8.52. The number of phosphoric acid groups is 1. The lowest BCUT2D eigenvalue weighted by molar-refractivity contribution is -0.157. The minimum Gasteiger partial charge on any atom is -0.438 e. The van der Waals surface area contributed by atoms with Crippen molar-refractivity contribution in [2.75, 3.05) is 34.2 Å². The molecule has 0 unspecified atom stereocenters. The highest BCUT2D eigenvalue weighted by Gasteiger charge is 2.29. The second kappa shape index (κ2) is 13.0. The van der Waals surface area contributed by atoms with Gasteiger partial charge in [-0.25, -0.2) is 13.6 Å². The van der Waals surface area contributed by atoms with E-state index in [2.05, 4.69) is 4.90 Å². The van der Waals surface area contributed by atoms with Crippen LogP contribution < -0.4 is 0 Å². The molecule has 0 amide bonds. The van der Waals surface area contributed by atoms with E-state index in [0.717, 1.165) is 29.4 Å².